The zero-order valence-electron chi connectivity index (χ0n) is 34.6. The average Bonchev–Trinajstić information content (AvgIpc) is 3.93. The number of benzene rings is 8. The fourth-order valence-corrected chi connectivity index (χ4v) is 9.60. The SMILES string of the molecule is CC(C)(C)c1ccc(-n2c3ccc(-n4c5ccccc5c5ccccc54)cc3c3cc4c5cc(-c6ccccc6)ccc5n(-c5cc[c-]c(-c6ccccn6)c5)c4cc32)cc1.[Ir]. The summed E-state index contributed by atoms with van der Waals surface area (Å²) in [6, 6.07) is 72.1. The van der Waals surface area contributed by atoms with Crippen molar-refractivity contribution in [1.82, 2.24) is 18.7 Å². The van der Waals surface area contributed by atoms with Crippen LogP contribution in [0.5, 0.6) is 0 Å². The van der Waals surface area contributed by atoms with Crippen LogP contribution in [0.1, 0.15) is 26.3 Å². The summed E-state index contributed by atoms with van der Waals surface area (Å²) in [5.74, 6) is 0. The van der Waals surface area contributed by atoms with Crippen molar-refractivity contribution in [3.8, 4) is 39.4 Å². The summed E-state index contributed by atoms with van der Waals surface area (Å²) in [5.41, 5.74) is 16.0. The molecule has 0 aliphatic carbocycles. The molecule has 1 radical (unpaired) electrons. The van der Waals surface area contributed by atoms with Crippen LogP contribution in [-0.4, -0.2) is 18.7 Å². The van der Waals surface area contributed by atoms with Gasteiger partial charge in [-0.2, -0.15) is 0 Å². The summed E-state index contributed by atoms with van der Waals surface area (Å²) >= 11 is 0. The van der Waals surface area contributed by atoms with E-state index in [-0.39, 0.29) is 25.5 Å². The minimum absolute atomic E-state index is 0. The molecule has 4 aromatic heterocycles. The second-order valence-electron chi connectivity index (χ2n) is 17.2. The molecule has 4 heterocycles. The van der Waals surface area contributed by atoms with Crippen LogP contribution in [0.2, 0.25) is 0 Å². The van der Waals surface area contributed by atoms with Crippen LogP contribution in [0.15, 0.2) is 194 Å². The second-order valence-corrected chi connectivity index (χ2v) is 17.2. The Balaban J connectivity index is 0.00000432. The Hall–Kier alpha value is -7.04. The van der Waals surface area contributed by atoms with E-state index in [1.807, 2.05) is 30.5 Å². The van der Waals surface area contributed by atoms with Gasteiger partial charge in [0.1, 0.15) is 0 Å². The van der Waals surface area contributed by atoms with Crippen LogP contribution >= 0.6 is 0 Å². The summed E-state index contributed by atoms with van der Waals surface area (Å²) in [7, 11) is 0. The molecule has 4 nitrogen and oxygen atoms in total. The van der Waals surface area contributed by atoms with Crippen LogP contribution in [0.4, 0.5) is 0 Å². The number of fused-ring (bicyclic) bond motifs is 9. The molecule has 299 valence electrons. The molecule has 0 aliphatic heterocycles. The van der Waals surface area contributed by atoms with Crippen LogP contribution < -0.4 is 0 Å². The standard InChI is InChI=1S/C57H41N4.Ir/c1-57(2,3)40-24-26-41(27-25-40)59-54-30-28-43(60-51-21-9-7-18-44(51)45-19-8-10-22-52(45)60)34-47(54)49-35-48-46-33-38(37-14-5-4-6-15-37)23-29-53(46)61(56(48)36-55(49)59)42-17-13-16-39(32-42)50-20-11-12-31-58-50;/h4-15,17-36H,1-3H3;/q-1;. The smallest absolute Gasteiger partial charge is 0.0562 e. The summed E-state index contributed by atoms with van der Waals surface area (Å²) in [6.07, 6.45) is 1.84. The predicted molar refractivity (Wildman–Crippen MR) is 256 cm³/mol. The van der Waals surface area contributed by atoms with E-state index in [1.165, 1.54) is 65.6 Å². The van der Waals surface area contributed by atoms with Crippen molar-refractivity contribution in [3.63, 3.8) is 0 Å². The maximum Gasteiger partial charge on any atom is 0.0562 e. The van der Waals surface area contributed by atoms with Crippen molar-refractivity contribution >= 4 is 65.4 Å². The van der Waals surface area contributed by atoms with E-state index in [4.69, 9.17) is 0 Å². The number of nitrogens with zero attached hydrogens (tertiary/aromatic N) is 4. The van der Waals surface area contributed by atoms with Crippen LogP contribution in [-0.2, 0) is 25.5 Å². The van der Waals surface area contributed by atoms with Crippen molar-refractivity contribution in [2.24, 2.45) is 0 Å². The molecule has 0 amide bonds. The number of rotatable bonds is 5. The molecule has 0 spiro atoms. The molecule has 0 aliphatic rings. The third-order valence-corrected chi connectivity index (χ3v) is 12.6. The molecule has 12 aromatic rings. The summed E-state index contributed by atoms with van der Waals surface area (Å²) < 4.78 is 7.31. The maximum atomic E-state index is 4.69. The molecule has 12 rings (SSSR count). The van der Waals surface area contributed by atoms with Crippen LogP contribution in [0, 0.1) is 6.07 Å². The first-order valence-electron chi connectivity index (χ1n) is 21.0. The normalized spacial score (nSPS) is 12.0. The molecule has 0 N–H and O–H groups in total. The van der Waals surface area contributed by atoms with Crippen molar-refractivity contribution in [3.05, 3.63) is 206 Å². The van der Waals surface area contributed by atoms with Gasteiger partial charge in [-0.15, -0.1) is 29.8 Å². The van der Waals surface area contributed by atoms with Crippen LogP contribution in [0.25, 0.3) is 105 Å². The van der Waals surface area contributed by atoms with Crippen molar-refractivity contribution in [1.29, 1.82) is 0 Å². The minimum Gasteiger partial charge on any atom is -0.327 e. The Bertz CT molecular complexity index is 3610. The van der Waals surface area contributed by atoms with E-state index in [0.29, 0.717) is 0 Å². The molecule has 0 atom stereocenters. The van der Waals surface area contributed by atoms with Crippen molar-refractivity contribution < 1.29 is 20.1 Å². The van der Waals surface area contributed by atoms with Gasteiger partial charge in [0.15, 0.2) is 0 Å². The Morgan fingerprint density at radius 2 is 0.952 bits per heavy atom. The van der Waals surface area contributed by atoms with E-state index >= 15 is 0 Å². The first-order chi connectivity index (χ1) is 29.9. The monoisotopic (exact) mass is 974 g/mol. The average molecular weight is 974 g/mol. The molecule has 0 bridgehead atoms. The number of hydrogen-bond acceptors (Lipinski definition) is 1. The van der Waals surface area contributed by atoms with Gasteiger partial charge < -0.3 is 18.7 Å². The Kier molecular flexibility index (Phi) is 8.90. The summed E-state index contributed by atoms with van der Waals surface area (Å²) in [4.78, 5) is 4.69. The van der Waals surface area contributed by atoms with Gasteiger partial charge in [-0.3, -0.25) is 0 Å². The molecular weight excluding hydrogens is 933 g/mol. The van der Waals surface area contributed by atoms with Gasteiger partial charge in [-0.05, 0) is 106 Å². The Labute approximate surface area is 373 Å². The van der Waals surface area contributed by atoms with E-state index in [9.17, 15) is 0 Å². The first kappa shape index (κ1) is 37.9. The summed E-state index contributed by atoms with van der Waals surface area (Å²) in [5, 5.41) is 7.35. The third-order valence-electron chi connectivity index (χ3n) is 12.6. The second kappa shape index (κ2) is 14.6. The molecule has 0 unspecified atom stereocenters. The fourth-order valence-electron chi connectivity index (χ4n) is 9.60. The molecular formula is C57H41IrN4-. The van der Waals surface area contributed by atoms with E-state index in [2.05, 4.69) is 209 Å². The minimum atomic E-state index is 0. The van der Waals surface area contributed by atoms with Gasteiger partial charge in [0.25, 0.3) is 0 Å². The largest absolute Gasteiger partial charge is 0.327 e. The summed E-state index contributed by atoms with van der Waals surface area (Å²) in [6.45, 7) is 6.83. The Morgan fingerprint density at radius 3 is 1.63 bits per heavy atom. The van der Waals surface area contributed by atoms with Crippen LogP contribution in [0.3, 0.4) is 0 Å². The first-order valence-corrected chi connectivity index (χ1v) is 21.0. The van der Waals surface area contributed by atoms with Gasteiger partial charge in [-0.25, -0.2) is 0 Å². The molecule has 0 saturated carbocycles. The van der Waals surface area contributed by atoms with E-state index < -0.39 is 0 Å². The number of para-hydroxylation sites is 2. The van der Waals surface area contributed by atoms with Gasteiger partial charge in [-0.1, -0.05) is 118 Å². The van der Waals surface area contributed by atoms with E-state index in [0.717, 1.165) is 44.9 Å². The molecule has 8 aromatic carbocycles. The van der Waals surface area contributed by atoms with Gasteiger partial charge in [0, 0.05) is 70.0 Å². The van der Waals surface area contributed by atoms with Gasteiger partial charge in [0.05, 0.1) is 33.1 Å². The van der Waals surface area contributed by atoms with Crippen molar-refractivity contribution in [2.45, 2.75) is 26.2 Å². The fraction of sp³-hybridized carbons (Fsp3) is 0.0702. The number of hydrogen-bond donors (Lipinski definition) is 0. The molecule has 0 fully saturated rings. The van der Waals surface area contributed by atoms with E-state index in [1.54, 1.807) is 0 Å². The molecule has 0 saturated heterocycles. The third kappa shape index (κ3) is 5.95. The zero-order valence-corrected chi connectivity index (χ0v) is 37.0. The van der Waals surface area contributed by atoms with Gasteiger partial charge >= 0.3 is 0 Å². The molecule has 62 heavy (non-hydrogen) atoms. The maximum absolute atomic E-state index is 4.69. The number of aromatic nitrogens is 4. The topological polar surface area (TPSA) is 27.7 Å². The van der Waals surface area contributed by atoms with Crippen molar-refractivity contribution in [2.75, 3.05) is 0 Å². The predicted octanol–water partition coefficient (Wildman–Crippen LogP) is 14.8. The van der Waals surface area contributed by atoms with Gasteiger partial charge in [0.2, 0.25) is 0 Å². The molecule has 5 heteroatoms. The zero-order chi connectivity index (χ0) is 40.8. The quantitative estimate of drug-likeness (QED) is 0.158. The Morgan fingerprint density at radius 1 is 0.403 bits per heavy atom. The number of pyridine rings is 1.